The summed E-state index contributed by atoms with van der Waals surface area (Å²) >= 11 is 0. The summed E-state index contributed by atoms with van der Waals surface area (Å²) < 4.78 is 9.01. The standard InChI is InChI=1S/C12H17NO6/c1-18-10(14)8-9(11(15)19-2)12(13(16)17)6-4-3-5-7-12/h8H,3-7H2,1-2H3. The third-order valence-electron chi connectivity index (χ3n) is 3.40. The van der Waals surface area contributed by atoms with Crippen LogP contribution in [0.1, 0.15) is 32.1 Å². The maximum Gasteiger partial charge on any atom is 0.341 e. The Morgan fingerprint density at radius 1 is 1.16 bits per heavy atom. The molecule has 0 bridgehead atoms. The maximum atomic E-state index is 11.8. The molecule has 0 aromatic heterocycles. The number of methoxy groups -OCH3 is 2. The lowest BCUT2D eigenvalue weighted by Crippen LogP contribution is -2.45. The number of nitro groups is 1. The molecule has 0 heterocycles. The van der Waals surface area contributed by atoms with Crippen LogP contribution in [0.4, 0.5) is 0 Å². The summed E-state index contributed by atoms with van der Waals surface area (Å²) in [7, 11) is 2.28. The molecule has 0 aromatic rings. The number of hydrogen-bond acceptors (Lipinski definition) is 6. The van der Waals surface area contributed by atoms with E-state index in [0.717, 1.165) is 26.7 Å². The number of carbonyl (C=O) groups excluding carboxylic acids is 2. The molecule has 1 rings (SSSR count). The van der Waals surface area contributed by atoms with Gasteiger partial charge in [-0.2, -0.15) is 0 Å². The summed E-state index contributed by atoms with van der Waals surface area (Å²) in [5, 5.41) is 11.4. The average molecular weight is 271 g/mol. The summed E-state index contributed by atoms with van der Waals surface area (Å²) in [5.74, 6) is -1.66. The molecule has 0 spiro atoms. The summed E-state index contributed by atoms with van der Waals surface area (Å²) in [4.78, 5) is 34.0. The van der Waals surface area contributed by atoms with E-state index in [1.807, 2.05) is 0 Å². The van der Waals surface area contributed by atoms with Gasteiger partial charge in [-0.05, 0) is 12.8 Å². The molecule has 1 fully saturated rings. The second-order valence-electron chi connectivity index (χ2n) is 4.42. The highest BCUT2D eigenvalue weighted by molar-refractivity contribution is 5.98. The molecular formula is C12H17NO6. The lowest BCUT2D eigenvalue weighted by atomic mass is 9.76. The van der Waals surface area contributed by atoms with Crippen molar-refractivity contribution in [2.75, 3.05) is 14.2 Å². The highest BCUT2D eigenvalue weighted by Crippen LogP contribution is 2.37. The van der Waals surface area contributed by atoms with Gasteiger partial charge in [0.25, 0.3) is 5.54 Å². The van der Waals surface area contributed by atoms with Crippen molar-refractivity contribution in [1.29, 1.82) is 0 Å². The van der Waals surface area contributed by atoms with E-state index < -0.39 is 22.4 Å². The monoisotopic (exact) mass is 271 g/mol. The fourth-order valence-corrected chi connectivity index (χ4v) is 2.36. The maximum absolute atomic E-state index is 11.8. The Hall–Kier alpha value is -1.92. The van der Waals surface area contributed by atoms with Crippen molar-refractivity contribution in [3.63, 3.8) is 0 Å². The number of ether oxygens (including phenoxy) is 2. The van der Waals surface area contributed by atoms with E-state index in [1.54, 1.807) is 0 Å². The molecule has 0 aromatic carbocycles. The van der Waals surface area contributed by atoms with Gasteiger partial charge in [0.1, 0.15) is 5.57 Å². The average Bonchev–Trinajstić information content (AvgIpc) is 2.44. The van der Waals surface area contributed by atoms with Crippen LogP contribution < -0.4 is 0 Å². The highest BCUT2D eigenvalue weighted by atomic mass is 16.6. The second-order valence-corrected chi connectivity index (χ2v) is 4.42. The first kappa shape index (κ1) is 15.1. The minimum absolute atomic E-state index is 0.220. The van der Waals surface area contributed by atoms with E-state index in [0.29, 0.717) is 12.8 Å². The zero-order valence-electron chi connectivity index (χ0n) is 11.0. The van der Waals surface area contributed by atoms with Crippen molar-refractivity contribution < 1.29 is 24.0 Å². The van der Waals surface area contributed by atoms with E-state index in [-0.39, 0.29) is 18.4 Å². The highest BCUT2D eigenvalue weighted by Gasteiger charge is 2.51. The van der Waals surface area contributed by atoms with Crippen LogP contribution in [0, 0.1) is 10.1 Å². The van der Waals surface area contributed by atoms with E-state index >= 15 is 0 Å². The minimum atomic E-state index is -1.54. The van der Waals surface area contributed by atoms with Crippen molar-refractivity contribution in [3.8, 4) is 0 Å². The lowest BCUT2D eigenvalue weighted by Gasteiger charge is -2.29. The van der Waals surface area contributed by atoms with Crippen LogP contribution in [0.2, 0.25) is 0 Å². The Bertz CT molecular complexity index is 408. The first-order valence-electron chi connectivity index (χ1n) is 6.01. The van der Waals surface area contributed by atoms with E-state index in [4.69, 9.17) is 0 Å². The first-order valence-corrected chi connectivity index (χ1v) is 6.01. The molecule has 106 valence electrons. The fourth-order valence-electron chi connectivity index (χ4n) is 2.36. The number of carbonyl (C=O) groups is 2. The SMILES string of the molecule is COC(=O)C=C(C(=O)OC)C1([N+](=O)[O-])CCCCC1. The van der Waals surface area contributed by atoms with Crippen LogP contribution in [-0.4, -0.2) is 36.6 Å². The molecule has 0 N–H and O–H groups in total. The summed E-state index contributed by atoms with van der Waals surface area (Å²) in [6.07, 6.45) is 3.46. The predicted octanol–water partition coefficient (Wildman–Crippen LogP) is 1.24. The van der Waals surface area contributed by atoms with Crippen molar-refractivity contribution >= 4 is 11.9 Å². The molecule has 0 aliphatic heterocycles. The minimum Gasteiger partial charge on any atom is -0.466 e. The Morgan fingerprint density at radius 2 is 1.74 bits per heavy atom. The van der Waals surface area contributed by atoms with Gasteiger partial charge in [-0.1, -0.05) is 6.42 Å². The first-order chi connectivity index (χ1) is 8.97. The van der Waals surface area contributed by atoms with Crippen molar-refractivity contribution in [3.05, 3.63) is 21.8 Å². The second kappa shape index (κ2) is 6.31. The van der Waals surface area contributed by atoms with E-state index in [9.17, 15) is 19.7 Å². The van der Waals surface area contributed by atoms with Gasteiger partial charge in [0.15, 0.2) is 0 Å². The van der Waals surface area contributed by atoms with Crippen LogP contribution in [-0.2, 0) is 19.1 Å². The molecule has 0 radical (unpaired) electrons. The smallest absolute Gasteiger partial charge is 0.341 e. The van der Waals surface area contributed by atoms with Crippen LogP contribution in [0.15, 0.2) is 11.6 Å². The zero-order chi connectivity index (χ0) is 14.5. The normalized spacial score (nSPS) is 18.5. The zero-order valence-corrected chi connectivity index (χ0v) is 11.0. The molecule has 7 heteroatoms. The van der Waals surface area contributed by atoms with Crippen LogP contribution >= 0.6 is 0 Å². The summed E-state index contributed by atoms with van der Waals surface area (Å²) in [5.41, 5.74) is -1.77. The van der Waals surface area contributed by atoms with Crippen molar-refractivity contribution in [2.24, 2.45) is 0 Å². The third kappa shape index (κ3) is 3.10. The van der Waals surface area contributed by atoms with Gasteiger partial charge in [-0.3, -0.25) is 10.1 Å². The fraction of sp³-hybridized carbons (Fsp3) is 0.667. The van der Waals surface area contributed by atoms with Gasteiger partial charge in [0.05, 0.1) is 14.2 Å². The van der Waals surface area contributed by atoms with Gasteiger partial charge in [-0.25, -0.2) is 9.59 Å². The Kier molecular flexibility index (Phi) is 5.02. The summed E-state index contributed by atoms with van der Waals surface area (Å²) in [6.45, 7) is 0. The topological polar surface area (TPSA) is 95.7 Å². The van der Waals surface area contributed by atoms with Crippen LogP contribution in [0.3, 0.4) is 0 Å². The van der Waals surface area contributed by atoms with Gasteiger partial charge in [-0.15, -0.1) is 0 Å². The number of esters is 2. The molecule has 7 nitrogen and oxygen atoms in total. The molecule has 1 aliphatic carbocycles. The Balaban J connectivity index is 3.26. The molecule has 1 aliphatic rings. The molecule has 0 amide bonds. The Morgan fingerprint density at radius 3 is 2.16 bits per heavy atom. The third-order valence-corrected chi connectivity index (χ3v) is 3.40. The van der Waals surface area contributed by atoms with Crippen LogP contribution in [0.25, 0.3) is 0 Å². The number of nitrogens with zero attached hydrogens (tertiary/aromatic N) is 1. The quantitative estimate of drug-likeness (QED) is 0.330. The van der Waals surface area contributed by atoms with Crippen molar-refractivity contribution in [1.82, 2.24) is 0 Å². The molecule has 1 saturated carbocycles. The van der Waals surface area contributed by atoms with Gasteiger partial charge in [0, 0.05) is 23.8 Å². The molecule has 0 saturated heterocycles. The van der Waals surface area contributed by atoms with E-state index in [2.05, 4.69) is 9.47 Å². The van der Waals surface area contributed by atoms with Gasteiger partial charge in [0.2, 0.25) is 0 Å². The lowest BCUT2D eigenvalue weighted by molar-refractivity contribution is -0.562. The number of rotatable bonds is 4. The summed E-state index contributed by atoms with van der Waals surface area (Å²) in [6, 6.07) is 0. The largest absolute Gasteiger partial charge is 0.466 e. The predicted molar refractivity (Wildman–Crippen MR) is 64.9 cm³/mol. The van der Waals surface area contributed by atoms with Gasteiger partial charge < -0.3 is 9.47 Å². The molecule has 19 heavy (non-hydrogen) atoms. The molecular weight excluding hydrogens is 254 g/mol. The molecule has 0 unspecified atom stereocenters. The van der Waals surface area contributed by atoms with Crippen molar-refractivity contribution in [2.45, 2.75) is 37.6 Å². The molecule has 0 atom stereocenters. The van der Waals surface area contributed by atoms with E-state index in [1.165, 1.54) is 0 Å². The van der Waals surface area contributed by atoms with Crippen LogP contribution in [0.5, 0.6) is 0 Å². The van der Waals surface area contributed by atoms with Gasteiger partial charge >= 0.3 is 11.9 Å². The Labute approximate surface area is 110 Å². The number of hydrogen-bond donors (Lipinski definition) is 0.